The molecule has 12 heavy (non-hydrogen) atoms. The van der Waals surface area contributed by atoms with Crippen LogP contribution in [-0.2, 0) is 21.1 Å². The van der Waals surface area contributed by atoms with Gasteiger partial charge in [-0.3, -0.25) is 0 Å². The van der Waals surface area contributed by atoms with Crippen LogP contribution in [-0.4, -0.2) is 25.0 Å². The Morgan fingerprint density at radius 2 is 1.08 bits per heavy atom. The van der Waals surface area contributed by atoms with Crippen LogP contribution >= 0.6 is 0 Å². The fourth-order valence-corrected chi connectivity index (χ4v) is 0.112. The zero-order valence-electron chi connectivity index (χ0n) is 9.68. The van der Waals surface area contributed by atoms with Crippen molar-refractivity contribution in [2.45, 2.75) is 27.7 Å². The second kappa shape index (κ2) is 41.4. The quantitative estimate of drug-likeness (QED) is 0.696. The third-order valence-electron chi connectivity index (χ3n) is 0.763. The minimum atomic E-state index is 0. The number of rotatable bonds is 2. The first-order valence-electron chi connectivity index (χ1n) is 4.08. The molecule has 0 heterocycles. The van der Waals surface area contributed by atoms with Gasteiger partial charge < -0.3 is 26.2 Å². The van der Waals surface area contributed by atoms with Crippen LogP contribution in [0.4, 0.5) is 0 Å². The first-order chi connectivity index (χ1) is 4.81. The van der Waals surface area contributed by atoms with Crippen LogP contribution in [0.2, 0.25) is 0 Å². The van der Waals surface area contributed by atoms with Gasteiger partial charge in [0.15, 0.2) is 0 Å². The van der Waals surface area contributed by atoms with Crippen molar-refractivity contribution < 1.29 is 21.1 Å². The molecule has 0 saturated carbocycles. The SMILES string of the molecule is CC.CC.[CH2-]CN(C)C[CH2-].[CH3-].[W]. The largest absolute Gasteiger partial charge is 0.365 e. The molecule has 0 amide bonds. The fourth-order valence-electron chi connectivity index (χ4n) is 0.112. The summed E-state index contributed by atoms with van der Waals surface area (Å²) in [6.07, 6.45) is 0. The van der Waals surface area contributed by atoms with Gasteiger partial charge in [0.2, 0.25) is 0 Å². The molecule has 0 fully saturated rings. The average Bonchev–Trinajstić information content (AvgIpc) is 2.10. The fraction of sp³-hybridized carbons (Fsp3) is 0.700. The van der Waals surface area contributed by atoms with Crippen LogP contribution in [0.15, 0.2) is 0 Å². The van der Waals surface area contributed by atoms with Crippen LogP contribution < -0.4 is 0 Å². The van der Waals surface area contributed by atoms with Gasteiger partial charge in [0.05, 0.1) is 0 Å². The average molecular weight is 344 g/mol. The van der Waals surface area contributed by atoms with Gasteiger partial charge in [0.25, 0.3) is 0 Å². The second-order valence-corrected chi connectivity index (χ2v) is 1.30. The summed E-state index contributed by atoms with van der Waals surface area (Å²) in [5.41, 5.74) is 0. The molecule has 0 aliphatic carbocycles. The number of nitrogens with zero attached hydrogens (tertiary/aromatic N) is 1. The molecule has 80 valence electrons. The zero-order chi connectivity index (χ0) is 8.99. The molecule has 1 nitrogen and oxygen atoms in total. The molecule has 0 unspecified atom stereocenters. The zero-order valence-corrected chi connectivity index (χ0v) is 12.6. The van der Waals surface area contributed by atoms with Crippen molar-refractivity contribution in [1.29, 1.82) is 0 Å². The van der Waals surface area contributed by atoms with E-state index in [4.69, 9.17) is 0 Å². The number of hydrogen-bond donors (Lipinski definition) is 0. The van der Waals surface area contributed by atoms with Crippen LogP contribution in [0.25, 0.3) is 0 Å². The van der Waals surface area contributed by atoms with Gasteiger partial charge in [0, 0.05) is 21.1 Å². The maximum absolute atomic E-state index is 3.64. The molecule has 0 aromatic carbocycles. The summed E-state index contributed by atoms with van der Waals surface area (Å²) in [6.45, 7) is 17.0. The Labute approximate surface area is 95.2 Å². The predicted octanol–water partition coefficient (Wildman–Crippen LogP) is 3.09. The van der Waals surface area contributed by atoms with E-state index in [1.807, 2.05) is 39.6 Å². The normalized spacial score (nSPS) is 6.00. The second-order valence-electron chi connectivity index (χ2n) is 1.30. The molecule has 0 radical (unpaired) electrons. The van der Waals surface area contributed by atoms with E-state index in [1.165, 1.54) is 0 Å². The van der Waals surface area contributed by atoms with Crippen LogP contribution in [0.3, 0.4) is 0 Å². The summed E-state index contributed by atoms with van der Waals surface area (Å²) >= 11 is 0. The van der Waals surface area contributed by atoms with Crippen molar-refractivity contribution in [3.05, 3.63) is 21.3 Å². The molecule has 0 saturated heterocycles. The molecular weight excluding hydrogens is 318 g/mol. The van der Waals surface area contributed by atoms with Gasteiger partial charge in [-0.25, -0.2) is 0 Å². The van der Waals surface area contributed by atoms with E-state index in [2.05, 4.69) is 13.8 Å². The monoisotopic (exact) mass is 344 g/mol. The van der Waals surface area contributed by atoms with Crippen LogP contribution in [0, 0.1) is 21.3 Å². The molecule has 0 aromatic heterocycles. The van der Waals surface area contributed by atoms with Crippen molar-refractivity contribution >= 4 is 0 Å². The Morgan fingerprint density at radius 3 is 1.08 bits per heavy atom. The summed E-state index contributed by atoms with van der Waals surface area (Å²) in [4.78, 5) is 2.03. The Morgan fingerprint density at radius 1 is 0.917 bits per heavy atom. The van der Waals surface area contributed by atoms with Gasteiger partial charge in [-0.1, -0.05) is 27.7 Å². The van der Waals surface area contributed by atoms with Gasteiger partial charge in [-0.2, -0.15) is 0 Å². The Hall–Kier alpha value is 0.648. The Bertz CT molecular complexity index is 29.0. The van der Waals surface area contributed by atoms with E-state index in [0.717, 1.165) is 13.1 Å². The summed E-state index contributed by atoms with van der Waals surface area (Å²) in [5, 5.41) is 0. The van der Waals surface area contributed by atoms with E-state index in [0.29, 0.717) is 0 Å². The van der Waals surface area contributed by atoms with Crippen molar-refractivity contribution in [2.75, 3.05) is 20.1 Å². The summed E-state index contributed by atoms with van der Waals surface area (Å²) in [7, 11) is 1.99. The topological polar surface area (TPSA) is 3.24 Å². The smallest absolute Gasteiger partial charge is 0 e. The molecule has 0 bridgehead atoms. The molecule has 0 atom stereocenters. The maximum atomic E-state index is 3.64. The standard InChI is InChI=1S/C5H11N.2C2H6.CH3.W/c1-4-6(3)5-2;2*1-2;;/h1-2,4-5H2,3H3;2*1-2H3;1H3;/q-2;;;-1;. The maximum Gasteiger partial charge on any atom is 0 e. The first-order valence-corrected chi connectivity index (χ1v) is 4.08. The van der Waals surface area contributed by atoms with Gasteiger partial charge in [0.1, 0.15) is 0 Å². The summed E-state index contributed by atoms with van der Waals surface area (Å²) in [5.74, 6) is 0. The van der Waals surface area contributed by atoms with E-state index < -0.39 is 0 Å². The van der Waals surface area contributed by atoms with Crippen LogP contribution in [0.1, 0.15) is 27.7 Å². The molecular formula is C10H26NW-3. The van der Waals surface area contributed by atoms with Crippen molar-refractivity contribution in [1.82, 2.24) is 4.90 Å². The summed E-state index contributed by atoms with van der Waals surface area (Å²) in [6, 6.07) is 0. The third-order valence-corrected chi connectivity index (χ3v) is 0.763. The van der Waals surface area contributed by atoms with Crippen molar-refractivity contribution in [2.24, 2.45) is 0 Å². The van der Waals surface area contributed by atoms with E-state index in [9.17, 15) is 0 Å². The third kappa shape index (κ3) is 45.9. The van der Waals surface area contributed by atoms with Gasteiger partial charge >= 0.3 is 0 Å². The molecule has 0 rings (SSSR count). The predicted molar refractivity (Wildman–Crippen MR) is 57.3 cm³/mol. The van der Waals surface area contributed by atoms with Gasteiger partial charge in [-0.15, -0.1) is 13.1 Å². The van der Waals surface area contributed by atoms with Crippen molar-refractivity contribution in [3.8, 4) is 0 Å². The molecule has 0 aliphatic rings. The first kappa shape index (κ1) is 29.3. The Kier molecular flexibility index (Phi) is 101. The molecule has 0 aliphatic heterocycles. The summed E-state index contributed by atoms with van der Waals surface area (Å²) < 4.78 is 0. The number of hydrogen-bond acceptors (Lipinski definition) is 1. The minimum Gasteiger partial charge on any atom is -0.365 e. The minimum absolute atomic E-state index is 0. The van der Waals surface area contributed by atoms with Crippen molar-refractivity contribution in [3.63, 3.8) is 0 Å². The van der Waals surface area contributed by atoms with E-state index in [-0.39, 0.29) is 28.5 Å². The molecule has 0 aromatic rings. The molecule has 0 spiro atoms. The molecule has 2 heteroatoms. The van der Waals surface area contributed by atoms with E-state index in [1.54, 1.807) is 0 Å². The van der Waals surface area contributed by atoms with Gasteiger partial charge in [-0.05, 0) is 7.05 Å². The van der Waals surface area contributed by atoms with Crippen LogP contribution in [0.5, 0.6) is 0 Å². The van der Waals surface area contributed by atoms with E-state index >= 15 is 0 Å². The Balaban J connectivity index is -0.0000000241. The molecule has 0 N–H and O–H groups in total.